The average molecular weight is 313 g/mol. The zero-order valence-electron chi connectivity index (χ0n) is 11.1. The predicted octanol–water partition coefficient (Wildman–Crippen LogP) is 2.07. The van der Waals surface area contributed by atoms with Gasteiger partial charge in [0.05, 0.1) is 19.1 Å². The van der Waals surface area contributed by atoms with E-state index in [4.69, 9.17) is 5.11 Å². The Balaban J connectivity index is 2.75. The molecule has 0 bridgehead atoms. The Labute approximate surface area is 118 Å². The molecule has 0 unspecified atom stereocenters. The predicted molar refractivity (Wildman–Crippen MR) is 65.4 cm³/mol. The normalized spacial score (nSPS) is 13.7. The molecule has 120 valence electrons. The molecule has 0 saturated heterocycles. The number of nitrogens with zero attached hydrogens (tertiary/aromatic N) is 1. The zero-order valence-corrected chi connectivity index (χ0v) is 11.1. The lowest BCUT2D eigenvalue weighted by molar-refractivity contribution is -0.139. The SMILES string of the molecule is OC[C@@H](O)CN(CCC(F)(F)F)Cc1ccc(F)cc1F. The minimum atomic E-state index is -4.39. The summed E-state index contributed by atoms with van der Waals surface area (Å²) in [6.07, 6.45) is -6.75. The Morgan fingerprint density at radius 1 is 1.19 bits per heavy atom. The molecule has 1 rings (SSSR count). The van der Waals surface area contributed by atoms with Crippen LogP contribution < -0.4 is 0 Å². The molecule has 1 aromatic carbocycles. The zero-order chi connectivity index (χ0) is 16.0. The van der Waals surface area contributed by atoms with Crippen molar-refractivity contribution in [2.45, 2.75) is 25.2 Å². The van der Waals surface area contributed by atoms with Crippen molar-refractivity contribution in [1.82, 2.24) is 4.90 Å². The molecule has 1 aromatic rings. The molecule has 0 spiro atoms. The number of halogens is 5. The second kappa shape index (κ2) is 7.67. The van der Waals surface area contributed by atoms with Gasteiger partial charge in [-0.25, -0.2) is 8.78 Å². The van der Waals surface area contributed by atoms with E-state index in [2.05, 4.69) is 0 Å². The first-order valence-corrected chi connectivity index (χ1v) is 6.23. The Hall–Kier alpha value is -1.25. The van der Waals surface area contributed by atoms with Gasteiger partial charge in [-0.2, -0.15) is 13.2 Å². The van der Waals surface area contributed by atoms with E-state index in [1.807, 2.05) is 0 Å². The van der Waals surface area contributed by atoms with Crippen LogP contribution in [-0.4, -0.2) is 47.1 Å². The van der Waals surface area contributed by atoms with Crippen LogP contribution in [0.25, 0.3) is 0 Å². The van der Waals surface area contributed by atoms with Gasteiger partial charge in [0.1, 0.15) is 11.6 Å². The Bertz CT molecular complexity index is 453. The number of aliphatic hydroxyl groups is 2. The van der Waals surface area contributed by atoms with E-state index in [0.717, 1.165) is 17.0 Å². The molecule has 0 aliphatic heterocycles. The smallest absolute Gasteiger partial charge is 0.390 e. The number of aliphatic hydroxyl groups excluding tert-OH is 2. The standard InChI is InChI=1S/C13H16F5NO2/c14-10-2-1-9(12(15)5-10)6-19(7-11(21)8-20)4-3-13(16,17)18/h1-2,5,11,20-21H,3-4,6-8H2/t11-/m0/s1. The summed E-state index contributed by atoms with van der Waals surface area (Å²) in [6.45, 7) is -1.55. The van der Waals surface area contributed by atoms with Crippen LogP contribution in [0, 0.1) is 11.6 Å². The summed E-state index contributed by atoms with van der Waals surface area (Å²) < 4.78 is 63.0. The van der Waals surface area contributed by atoms with Gasteiger partial charge in [-0.15, -0.1) is 0 Å². The van der Waals surface area contributed by atoms with Crippen molar-refractivity contribution in [3.8, 4) is 0 Å². The van der Waals surface area contributed by atoms with E-state index in [0.29, 0.717) is 6.07 Å². The van der Waals surface area contributed by atoms with Crippen LogP contribution in [0.5, 0.6) is 0 Å². The largest absolute Gasteiger partial charge is 0.394 e. The summed E-state index contributed by atoms with van der Waals surface area (Å²) >= 11 is 0. The van der Waals surface area contributed by atoms with Crippen LogP contribution >= 0.6 is 0 Å². The summed E-state index contributed by atoms with van der Waals surface area (Å²) in [6, 6.07) is 2.78. The van der Waals surface area contributed by atoms with Crippen molar-refractivity contribution in [2.75, 3.05) is 19.7 Å². The van der Waals surface area contributed by atoms with Crippen LogP contribution in [0.15, 0.2) is 18.2 Å². The minimum Gasteiger partial charge on any atom is -0.394 e. The lowest BCUT2D eigenvalue weighted by atomic mass is 10.1. The first-order chi connectivity index (χ1) is 9.71. The first-order valence-electron chi connectivity index (χ1n) is 6.23. The molecule has 8 heteroatoms. The number of alkyl halides is 3. The molecule has 0 aliphatic rings. The fraction of sp³-hybridized carbons (Fsp3) is 0.538. The topological polar surface area (TPSA) is 43.7 Å². The van der Waals surface area contributed by atoms with Gasteiger partial charge < -0.3 is 10.2 Å². The first kappa shape index (κ1) is 17.8. The lowest BCUT2D eigenvalue weighted by Gasteiger charge is -2.25. The van der Waals surface area contributed by atoms with Crippen molar-refractivity contribution >= 4 is 0 Å². The van der Waals surface area contributed by atoms with Crippen LogP contribution in [0.4, 0.5) is 22.0 Å². The van der Waals surface area contributed by atoms with Gasteiger partial charge >= 0.3 is 6.18 Å². The highest BCUT2D eigenvalue weighted by Crippen LogP contribution is 2.21. The number of hydrogen-bond donors (Lipinski definition) is 2. The van der Waals surface area contributed by atoms with Crippen molar-refractivity contribution in [3.63, 3.8) is 0 Å². The molecule has 0 fully saturated rings. The van der Waals surface area contributed by atoms with Gasteiger partial charge in [0.2, 0.25) is 0 Å². The highest BCUT2D eigenvalue weighted by Gasteiger charge is 2.28. The molecule has 0 radical (unpaired) electrons. The van der Waals surface area contributed by atoms with E-state index < -0.39 is 43.5 Å². The highest BCUT2D eigenvalue weighted by atomic mass is 19.4. The van der Waals surface area contributed by atoms with Gasteiger partial charge in [-0.05, 0) is 6.07 Å². The molecular formula is C13H16F5NO2. The molecule has 0 saturated carbocycles. The van der Waals surface area contributed by atoms with Crippen LogP contribution in [0.1, 0.15) is 12.0 Å². The third-order valence-electron chi connectivity index (χ3n) is 2.80. The molecule has 0 aromatic heterocycles. The molecule has 3 nitrogen and oxygen atoms in total. The van der Waals surface area contributed by atoms with Crippen molar-refractivity contribution in [2.24, 2.45) is 0 Å². The molecule has 21 heavy (non-hydrogen) atoms. The van der Waals surface area contributed by atoms with E-state index >= 15 is 0 Å². The van der Waals surface area contributed by atoms with E-state index in [-0.39, 0.29) is 18.7 Å². The molecule has 0 aliphatic carbocycles. The monoisotopic (exact) mass is 313 g/mol. The van der Waals surface area contributed by atoms with Gasteiger partial charge in [-0.1, -0.05) is 6.07 Å². The maximum Gasteiger partial charge on any atom is 0.390 e. The quantitative estimate of drug-likeness (QED) is 0.758. The Kier molecular flexibility index (Phi) is 6.50. The third kappa shape index (κ3) is 6.83. The third-order valence-corrected chi connectivity index (χ3v) is 2.80. The van der Waals surface area contributed by atoms with E-state index in [1.165, 1.54) is 0 Å². The van der Waals surface area contributed by atoms with Crippen LogP contribution in [0.2, 0.25) is 0 Å². The number of rotatable bonds is 7. The summed E-state index contributed by atoms with van der Waals surface area (Å²) in [7, 11) is 0. The van der Waals surface area contributed by atoms with Gasteiger partial charge in [0, 0.05) is 31.3 Å². The molecule has 2 N–H and O–H groups in total. The van der Waals surface area contributed by atoms with E-state index in [1.54, 1.807) is 0 Å². The molecule has 1 atom stereocenters. The van der Waals surface area contributed by atoms with Crippen molar-refractivity contribution in [3.05, 3.63) is 35.4 Å². The van der Waals surface area contributed by atoms with Gasteiger partial charge in [0.15, 0.2) is 0 Å². The number of hydrogen-bond acceptors (Lipinski definition) is 3. The van der Waals surface area contributed by atoms with Crippen molar-refractivity contribution < 1.29 is 32.2 Å². The minimum absolute atomic E-state index is 0.0173. The van der Waals surface area contributed by atoms with E-state index in [9.17, 15) is 27.1 Å². The van der Waals surface area contributed by atoms with Crippen LogP contribution in [0.3, 0.4) is 0 Å². The number of benzene rings is 1. The highest BCUT2D eigenvalue weighted by molar-refractivity contribution is 5.18. The molecule has 0 amide bonds. The average Bonchev–Trinajstić information content (AvgIpc) is 2.38. The Morgan fingerprint density at radius 2 is 1.86 bits per heavy atom. The van der Waals surface area contributed by atoms with Crippen LogP contribution in [-0.2, 0) is 6.54 Å². The summed E-state index contributed by atoms with van der Waals surface area (Å²) in [5.74, 6) is -1.65. The second-order valence-electron chi connectivity index (χ2n) is 4.67. The molecular weight excluding hydrogens is 297 g/mol. The second-order valence-corrected chi connectivity index (χ2v) is 4.67. The summed E-state index contributed by atoms with van der Waals surface area (Å²) in [5, 5.41) is 18.1. The fourth-order valence-electron chi connectivity index (χ4n) is 1.77. The lowest BCUT2D eigenvalue weighted by Crippen LogP contribution is -2.36. The maximum atomic E-state index is 13.5. The summed E-state index contributed by atoms with van der Waals surface area (Å²) in [4.78, 5) is 1.16. The fourth-order valence-corrected chi connectivity index (χ4v) is 1.77. The maximum absolute atomic E-state index is 13.5. The summed E-state index contributed by atoms with van der Waals surface area (Å²) in [5.41, 5.74) is 0.0173. The van der Waals surface area contributed by atoms with Gasteiger partial charge in [-0.3, -0.25) is 4.90 Å². The Morgan fingerprint density at radius 3 is 2.38 bits per heavy atom. The van der Waals surface area contributed by atoms with Gasteiger partial charge in [0.25, 0.3) is 0 Å². The van der Waals surface area contributed by atoms with Crippen molar-refractivity contribution in [1.29, 1.82) is 0 Å². The molecule has 0 heterocycles.